The Morgan fingerprint density at radius 1 is 1.42 bits per heavy atom. The highest BCUT2D eigenvalue weighted by molar-refractivity contribution is 7.80. The van der Waals surface area contributed by atoms with Gasteiger partial charge in [0.15, 0.2) is 0 Å². The molecule has 0 aromatic heterocycles. The van der Waals surface area contributed by atoms with E-state index in [0.29, 0.717) is 0 Å². The summed E-state index contributed by atoms with van der Waals surface area (Å²) in [6.07, 6.45) is -3.44. The Morgan fingerprint density at radius 2 is 2.00 bits per heavy atom. The Kier molecular flexibility index (Phi) is 2.97. The molecule has 0 saturated carbocycles. The van der Waals surface area contributed by atoms with Crippen molar-refractivity contribution >= 4 is 12.6 Å². The fraction of sp³-hybridized carbons (Fsp3) is 1.00. The van der Waals surface area contributed by atoms with Gasteiger partial charge in [0.05, 0.1) is 12.7 Å². The highest BCUT2D eigenvalue weighted by Gasteiger charge is 2.52. The van der Waals surface area contributed by atoms with Gasteiger partial charge in [-0.1, -0.05) is 0 Å². The number of ether oxygens (including phenoxy) is 1. The van der Waals surface area contributed by atoms with Crippen molar-refractivity contribution in [2.24, 2.45) is 0 Å². The van der Waals surface area contributed by atoms with Crippen LogP contribution in [0, 0.1) is 0 Å². The molecule has 1 heterocycles. The van der Waals surface area contributed by atoms with E-state index in [1.54, 1.807) is 0 Å². The molecule has 1 aliphatic heterocycles. The van der Waals surface area contributed by atoms with E-state index in [2.05, 4.69) is 12.6 Å². The molecule has 4 N–H and O–H groups in total. The molecule has 0 aliphatic carbocycles. The van der Waals surface area contributed by atoms with Gasteiger partial charge in [0.2, 0.25) is 5.79 Å². The molecule has 0 aromatic carbocycles. The lowest BCUT2D eigenvalue weighted by Crippen LogP contribution is -2.46. The van der Waals surface area contributed by atoms with E-state index in [9.17, 15) is 15.3 Å². The van der Waals surface area contributed by atoms with Crippen molar-refractivity contribution in [1.29, 1.82) is 0 Å². The lowest BCUT2D eigenvalue weighted by molar-refractivity contribution is -0.243. The monoisotopic (exact) mass is 196 g/mol. The van der Waals surface area contributed by atoms with Crippen molar-refractivity contribution in [1.82, 2.24) is 0 Å². The molecule has 4 unspecified atom stereocenters. The second-order valence-electron chi connectivity index (χ2n) is 2.78. The van der Waals surface area contributed by atoms with Crippen molar-refractivity contribution in [2.45, 2.75) is 24.1 Å². The Balaban J connectivity index is 2.72. The number of aliphatic hydroxyl groups is 4. The Bertz CT molecular complexity index is 166. The molecule has 0 amide bonds. The molecule has 1 rings (SSSR count). The molecule has 1 saturated heterocycles. The first-order chi connectivity index (χ1) is 5.55. The number of aliphatic hydroxyl groups excluding tert-OH is 3. The lowest BCUT2D eigenvalue weighted by atomic mass is 10.1. The molecule has 4 atom stereocenters. The molecule has 1 fully saturated rings. The molecule has 5 nitrogen and oxygen atoms in total. The molecule has 6 heteroatoms. The van der Waals surface area contributed by atoms with Gasteiger partial charge in [-0.3, -0.25) is 0 Å². The van der Waals surface area contributed by atoms with Gasteiger partial charge in [0, 0.05) is 5.75 Å². The second-order valence-corrected chi connectivity index (χ2v) is 3.14. The minimum atomic E-state index is -2.05. The maximum absolute atomic E-state index is 9.32. The summed E-state index contributed by atoms with van der Waals surface area (Å²) in [6, 6.07) is 0. The molecule has 0 aromatic rings. The zero-order valence-corrected chi connectivity index (χ0v) is 7.19. The Labute approximate surface area is 75.0 Å². The smallest absolute Gasteiger partial charge is 0.219 e. The zero-order valence-electron chi connectivity index (χ0n) is 6.29. The predicted molar refractivity (Wildman–Crippen MR) is 42.8 cm³/mol. The highest BCUT2D eigenvalue weighted by Crippen LogP contribution is 2.29. The van der Waals surface area contributed by atoms with Gasteiger partial charge in [-0.2, -0.15) is 12.6 Å². The minimum absolute atomic E-state index is 0.167. The van der Waals surface area contributed by atoms with Crippen molar-refractivity contribution in [3.05, 3.63) is 0 Å². The first-order valence-electron chi connectivity index (χ1n) is 3.53. The number of hydrogen-bond acceptors (Lipinski definition) is 6. The maximum atomic E-state index is 9.32. The van der Waals surface area contributed by atoms with Gasteiger partial charge in [0.1, 0.15) is 12.2 Å². The van der Waals surface area contributed by atoms with Gasteiger partial charge in [0.25, 0.3) is 0 Å². The Morgan fingerprint density at radius 3 is 2.25 bits per heavy atom. The summed E-state index contributed by atoms with van der Waals surface area (Å²) < 4.78 is 4.80. The average Bonchev–Trinajstić information content (AvgIpc) is 2.31. The van der Waals surface area contributed by atoms with Crippen LogP contribution in [-0.4, -0.2) is 56.9 Å². The summed E-state index contributed by atoms with van der Waals surface area (Å²) in [5, 5.41) is 36.4. The third kappa shape index (κ3) is 1.46. The summed E-state index contributed by atoms with van der Waals surface area (Å²) in [4.78, 5) is 0. The van der Waals surface area contributed by atoms with E-state index < -0.39 is 30.7 Å². The van der Waals surface area contributed by atoms with Crippen LogP contribution < -0.4 is 0 Å². The summed E-state index contributed by atoms with van der Waals surface area (Å²) in [6.45, 7) is -0.754. The summed E-state index contributed by atoms with van der Waals surface area (Å²) in [7, 11) is 0. The van der Waals surface area contributed by atoms with Crippen molar-refractivity contribution in [2.75, 3.05) is 12.4 Å². The quantitative estimate of drug-likeness (QED) is 0.321. The van der Waals surface area contributed by atoms with Crippen LogP contribution in [-0.2, 0) is 4.74 Å². The third-order valence-electron chi connectivity index (χ3n) is 1.93. The predicted octanol–water partition coefficient (Wildman–Crippen LogP) is -2.28. The SMILES string of the molecule is OCC1(O)OC(CS)C(O)C1O. The van der Waals surface area contributed by atoms with Gasteiger partial charge >= 0.3 is 0 Å². The third-order valence-corrected chi connectivity index (χ3v) is 2.29. The van der Waals surface area contributed by atoms with Gasteiger partial charge in [-0.15, -0.1) is 0 Å². The number of rotatable bonds is 2. The average molecular weight is 196 g/mol. The highest BCUT2D eigenvalue weighted by atomic mass is 32.1. The molecule has 0 radical (unpaired) electrons. The van der Waals surface area contributed by atoms with Crippen molar-refractivity contribution in [3.63, 3.8) is 0 Å². The van der Waals surface area contributed by atoms with Crippen LogP contribution in [0.25, 0.3) is 0 Å². The molecule has 12 heavy (non-hydrogen) atoms. The lowest BCUT2D eigenvalue weighted by Gasteiger charge is -2.22. The molecular weight excluding hydrogens is 184 g/mol. The summed E-state index contributed by atoms with van der Waals surface area (Å²) >= 11 is 3.84. The second kappa shape index (κ2) is 3.49. The van der Waals surface area contributed by atoms with E-state index in [-0.39, 0.29) is 5.75 Å². The van der Waals surface area contributed by atoms with Crippen LogP contribution in [0.15, 0.2) is 0 Å². The van der Waals surface area contributed by atoms with Gasteiger partial charge in [-0.05, 0) is 0 Å². The first kappa shape index (κ1) is 10.2. The number of hydrogen-bond donors (Lipinski definition) is 5. The van der Waals surface area contributed by atoms with Crippen LogP contribution >= 0.6 is 12.6 Å². The maximum Gasteiger partial charge on any atom is 0.219 e. The van der Waals surface area contributed by atoms with E-state index in [1.807, 2.05) is 0 Å². The van der Waals surface area contributed by atoms with E-state index in [0.717, 1.165) is 0 Å². The largest absolute Gasteiger partial charge is 0.391 e. The molecular formula is C6H12O5S. The molecule has 0 spiro atoms. The molecule has 72 valence electrons. The van der Waals surface area contributed by atoms with Crippen LogP contribution in [0.2, 0.25) is 0 Å². The Hall–Kier alpha value is 0.150. The van der Waals surface area contributed by atoms with Crippen LogP contribution in [0.4, 0.5) is 0 Å². The molecule has 1 aliphatic rings. The number of thiol groups is 1. The first-order valence-corrected chi connectivity index (χ1v) is 4.16. The minimum Gasteiger partial charge on any atom is -0.391 e. The zero-order chi connectivity index (χ0) is 9.35. The van der Waals surface area contributed by atoms with Gasteiger partial charge in [-0.25, -0.2) is 0 Å². The van der Waals surface area contributed by atoms with Gasteiger partial charge < -0.3 is 25.2 Å². The molecule has 0 bridgehead atoms. The van der Waals surface area contributed by atoms with Crippen LogP contribution in [0.5, 0.6) is 0 Å². The van der Waals surface area contributed by atoms with Crippen molar-refractivity contribution < 1.29 is 25.2 Å². The fourth-order valence-electron chi connectivity index (χ4n) is 1.15. The summed E-state index contributed by atoms with van der Waals surface area (Å²) in [5.74, 6) is -1.88. The fourth-order valence-corrected chi connectivity index (χ4v) is 1.44. The van der Waals surface area contributed by atoms with E-state index in [1.165, 1.54) is 0 Å². The van der Waals surface area contributed by atoms with Crippen molar-refractivity contribution in [3.8, 4) is 0 Å². The standard InChI is InChI=1S/C6H12O5S/c7-2-6(10)5(9)4(8)3(1-12)11-6/h3-5,7-10,12H,1-2H2. The van der Waals surface area contributed by atoms with E-state index in [4.69, 9.17) is 9.84 Å². The van der Waals surface area contributed by atoms with Crippen LogP contribution in [0.1, 0.15) is 0 Å². The topological polar surface area (TPSA) is 90.2 Å². The normalized spacial score (nSPS) is 48.2. The van der Waals surface area contributed by atoms with E-state index >= 15 is 0 Å². The summed E-state index contributed by atoms with van der Waals surface area (Å²) in [5.41, 5.74) is 0. The van der Waals surface area contributed by atoms with Crippen LogP contribution in [0.3, 0.4) is 0 Å².